The molecular formula is C30H25Cl3N2O2. The van der Waals surface area contributed by atoms with Crippen LogP contribution in [0.15, 0.2) is 103 Å². The first kappa shape index (κ1) is 26.7. The van der Waals surface area contributed by atoms with E-state index in [1.807, 2.05) is 72.8 Å². The Morgan fingerprint density at radius 1 is 0.730 bits per heavy atom. The molecule has 0 heterocycles. The van der Waals surface area contributed by atoms with Gasteiger partial charge in [-0.1, -0.05) is 114 Å². The first-order valence-corrected chi connectivity index (χ1v) is 12.9. The Hall–Kier alpha value is -3.31. The standard InChI is InChI=1S/C30H25Cl3N2O2/c31-25-14-11-22(12-15-25)20-35(28(36)17-21-7-3-1-4-8-21)29(23-9-5-2-6-10-23)30(37)34-19-24-13-16-26(32)18-27(24)33/h1-16,18,29H,17,19-20H2,(H,34,37). The minimum Gasteiger partial charge on any atom is -0.350 e. The Kier molecular flexibility index (Phi) is 9.24. The van der Waals surface area contributed by atoms with Crippen LogP contribution in [0.1, 0.15) is 28.3 Å². The number of hydrogen-bond donors (Lipinski definition) is 1. The van der Waals surface area contributed by atoms with Gasteiger partial charge in [0.05, 0.1) is 6.42 Å². The Morgan fingerprint density at radius 3 is 2.00 bits per heavy atom. The van der Waals surface area contributed by atoms with Gasteiger partial charge in [-0.2, -0.15) is 0 Å². The van der Waals surface area contributed by atoms with Crippen molar-refractivity contribution in [3.63, 3.8) is 0 Å². The molecule has 0 radical (unpaired) electrons. The van der Waals surface area contributed by atoms with Crippen LogP contribution in [0.5, 0.6) is 0 Å². The van der Waals surface area contributed by atoms with Crippen molar-refractivity contribution in [1.82, 2.24) is 10.2 Å². The SMILES string of the molecule is O=C(NCc1ccc(Cl)cc1Cl)C(c1ccccc1)N(Cc1ccc(Cl)cc1)C(=O)Cc1ccccc1. The second kappa shape index (κ2) is 12.8. The van der Waals surface area contributed by atoms with Crippen molar-refractivity contribution in [3.8, 4) is 0 Å². The number of hydrogen-bond acceptors (Lipinski definition) is 2. The Balaban J connectivity index is 1.67. The number of benzene rings is 4. The summed E-state index contributed by atoms with van der Waals surface area (Å²) in [6, 6.07) is 30.3. The molecule has 0 saturated heterocycles. The first-order valence-electron chi connectivity index (χ1n) is 11.7. The predicted octanol–water partition coefficient (Wildman–Crippen LogP) is 7.28. The van der Waals surface area contributed by atoms with Crippen LogP contribution < -0.4 is 5.32 Å². The molecule has 1 unspecified atom stereocenters. The number of amides is 2. The van der Waals surface area contributed by atoms with Gasteiger partial charge >= 0.3 is 0 Å². The van der Waals surface area contributed by atoms with Crippen LogP contribution in [0, 0.1) is 0 Å². The molecule has 0 aliphatic heterocycles. The van der Waals surface area contributed by atoms with Crippen molar-refractivity contribution in [2.24, 2.45) is 0 Å². The second-order valence-electron chi connectivity index (χ2n) is 8.58. The van der Waals surface area contributed by atoms with E-state index in [2.05, 4.69) is 5.32 Å². The summed E-state index contributed by atoms with van der Waals surface area (Å²) in [5.74, 6) is -0.484. The molecule has 0 saturated carbocycles. The number of halogens is 3. The normalized spacial score (nSPS) is 11.5. The largest absolute Gasteiger partial charge is 0.350 e. The van der Waals surface area contributed by atoms with Crippen molar-refractivity contribution in [1.29, 1.82) is 0 Å². The fourth-order valence-electron chi connectivity index (χ4n) is 4.03. The van der Waals surface area contributed by atoms with E-state index in [1.54, 1.807) is 35.2 Å². The van der Waals surface area contributed by atoms with Gasteiger partial charge in [-0.15, -0.1) is 0 Å². The summed E-state index contributed by atoms with van der Waals surface area (Å²) >= 11 is 18.4. The zero-order valence-corrected chi connectivity index (χ0v) is 22.2. The van der Waals surface area contributed by atoms with Gasteiger partial charge in [0.15, 0.2) is 0 Å². The molecule has 2 amide bonds. The van der Waals surface area contributed by atoms with Crippen LogP contribution in [-0.2, 0) is 29.1 Å². The minimum atomic E-state index is -0.862. The predicted molar refractivity (Wildman–Crippen MR) is 150 cm³/mol. The number of carbonyl (C=O) groups excluding carboxylic acids is 2. The number of nitrogens with zero attached hydrogens (tertiary/aromatic N) is 1. The number of nitrogens with one attached hydrogen (secondary N) is 1. The molecule has 37 heavy (non-hydrogen) atoms. The summed E-state index contributed by atoms with van der Waals surface area (Å²) in [6.45, 7) is 0.428. The third-order valence-electron chi connectivity index (χ3n) is 5.93. The highest BCUT2D eigenvalue weighted by molar-refractivity contribution is 6.35. The molecule has 0 aromatic heterocycles. The van der Waals surface area contributed by atoms with Gasteiger partial charge in [0.2, 0.25) is 11.8 Å². The van der Waals surface area contributed by atoms with Gasteiger partial charge in [0.25, 0.3) is 0 Å². The van der Waals surface area contributed by atoms with Crippen molar-refractivity contribution in [3.05, 3.63) is 140 Å². The molecule has 0 fully saturated rings. The molecule has 0 aliphatic carbocycles. The van der Waals surface area contributed by atoms with E-state index < -0.39 is 6.04 Å². The average molecular weight is 552 g/mol. The Labute approximate surface area is 231 Å². The third kappa shape index (κ3) is 7.36. The Morgan fingerprint density at radius 2 is 1.35 bits per heavy atom. The monoisotopic (exact) mass is 550 g/mol. The van der Waals surface area contributed by atoms with Crippen molar-refractivity contribution in [2.75, 3.05) is 0 Å². The molecule has 0 spiro atoms. The van der Waals surface area contributed by atoms with E-state index in [0.717, 1.165) is 16.7 Å². The lowest BCUT2D eigenvalue weighted by atomic mass is 10.0. The molecule has 1 atom stereocenters. The topological polar surface area (TPSA) is 49.4 Å². The summed E-state index contributed by atoms with van der Waals surface area (Å²) in [7, 11) is 0. The van der Waals surface area contributed by atoms with E-state index in [-0.39, 0.29) is 31.3 Å². The van der Waals surface area contributed by atoms with Crippen molar-refractivity contribution in [2.45, 2.75) is 25.6 Å². The van der Waals surface area contributed by atoms with Crippen LogP contribution in [0.25, 0.3) is 0 Å². The molecule has 0 bridgehead atoms. The van der Waals surface area contributed by atoms with Gasteiger partial charge in [-0.25, -0.2) is 0 Å². The molecule has 4 nitrogen and oxygen atoms in total. The van der Waals surface area contributed by atoms with E-state index in [9.17, 15) is 9.59 Å². The third-order valence-corrected chi connectivity index (χ3v) is 6.77. The minimum absolute atomic E-state index is 0.161. The summed E-state index contributed by atoms with van der Waals surface area (Å²) < 4.78 is 0. The fourth-order valence-corrected chi connectivity index (χ4v) is 4.64. The maximum absolute atomic E-state index is 13.8. The van der Waals surface area contributed by atoms with Crippen molar-refractivity contribution >= 4 is 46.6 Å². The van der Waals surface area contributed by atoms with E-state index in [1.165, 1.54) is 0 Å². The highest BCUT2D eigenvalue weighted by atomic mass is 35.5. The molecule has 4 aromatic rings. The maximum atomic E-state index is 13.8. The molecule has 188 valence electrons. The maximum Gasteiger partial charge on any atom is 0.247 e. The van der Waals surface area contributed by atoms with Gasteiger partial charge in [0.1, 0.15) is 6.04 Å². The Bertz CT molecular complexity index is 1350. The van der Waals surface area contributed by atoms with Crippen molar-refractivity contribution < 1.29 is 9.59 Å². The second-order valence-corrected chi connectivity index (χ2v) is 9.86. The van der Waals surface area contributed by atoms with E-state index >= 15 is 0 Å². The number of rotatable bonds is 9. The van der Waals surface area contributed by atoms with Gasteiger partial charge in [0, 0.05) is 28.2 Å². The van der Waals surface area contributed by atoms with Crippen LogP contribution in [0.3, 0.4) is 0 Å². The molecular weight excluding hydrogens is 527 g/mol. The molecule has 0 aliphatic rings. The smallest absolute Gasteiger partial charge is 0.247 e. The molecule has 1 N–H and O–H groups in total. The zero-order chi connectivity index (χ0) is 26.2. The molecule has 4 rings (SSSR count). The van der Waals surface area contributed by atoms with E-state index in [4.69, 9.17) is 34.8 Å². The lowest BCUT2D eigenvalue weighted by Crippen LogP contribution is -2.43. The average Bonchev–Trinajstić information content (AvgIpc) is 2.90. The zero-order valence-electron chi connectivity index (χ0n) is 19.9. The van der Waals surface area contributed by atoms with Gasteiger partial charge in [-0.3, -0.25) is 9.59 Å². The molecule has 4 aromatic carbocycles. The number of carbonyl (C=O) groups is 2. The first-order chi connectivity index (χ1) is 17.9. The summed E-state index contributed by atoms with van der Waals surface area (Å²) in [4.78, 5) is 29.1. The highest BCUT2D eigenvalue weighted by Crippen LogP contribution is 2.26. The van der Waals surface area contributed by atoms with Gasteiger partial charge in [-0.05, 0) is 46.5 Å². The lowest BCUT2D eigenvalue weighted by molar-refractivity contribution is -0.141. The lowest BCUT2D eigenvalue weighted by Gasteiger charge is -2.32. The molecule has 7 heteroatoms. The summed E-state index contributed by atoms with van der Waals surface area (Å²) in [5, 5.41) is 4.55. The van der Waals surface area contributed by atoms with E-state index in [0.29, 0.717) is 20.6 Å². The quantitative estimate of drug-likeness (QED) is 0.238. The van der Waals surface area contributed by atoms with Crippen LogP contribution in [0.4, 0.5) is 0 Å². The summed E-state index contributed by atoms with van der Waals surface area (Å²) in [5.41, 5.74) is 3.16. The fraction of sp³-hybridized carbons (Fsp3) is 0.133. The highest BCUT2D eigenvalue weighted by Gasteiger charge is 2.31. The van der Waals surface area contributed by atoms with Crippen LogP contribution >= 0.6 is 34.8 Å². The van der Waals surface area contributed by atoms with Gasteiger partial charge < -0.3 is 10.2 Å². The summed E-state index contributed by atoms with van der Waals surface area (Å²) in [6.07, 6.45) is 0.161. The van der Waals surface area contributed by atoms with Crippen LogP contribution in [-0.4, -0.2) is 16.7 Å². The van der Waals surface area contributed by atoms with Crippen LogP contribution in [0.2, 0.25) is 15.1 Å².